The maximum Gasteiger partial charge on any atom is 0.127 e. The lowest BCUT2D eigenvalue weighted by molar-refractivity contribution is 0.283. The Hall–Kier alpha value is -1.07. The molecule has 1 unspecified atom stereocenters. The highest BCUT2D eigenvalue weighted by atomic mass is 35.5. The first-order valence-corrected chi connectivity index (χ1v) is 7.50. The van der Waals surface area contributed by atoms with Crippen LogP contribution in [0.4, 0.5) is 0 Å². The minimum atomic E-state index is -0.124. The normalized spacial score (nSPS) is 15.7. The highest BCUT2D eigenvalue weighted by Gasteiger charge is 2.23. The lowest BCUT2D eigenvalue weighted by atomic mass is 9.97. The van der Waals surface area contributed by atoms with E-state index >= 15 is 0 Å². The lowest BCUT2D eigenvalue weighted by Gasteiger charge is -2.24. The van der Waals surface area contributed by atoms with Crippen molar-refractivity contribution in [3.63, 3.8) is 0 Å². The third-order valence-electron chi connectivity index (χ3n) is 3.35. The molecule has 0 radical (unpaired) electrons. The van der Waals surface area contributed by atoms with E-state index in [0.29, 0.717) is 0 Å². The van der Waals surface area contributed by atoms with E-state index in [9.17, 15) is 0 Å². The molecule has 0 fully saturated rings. The minimum Gasteiger partial charge on any atom is -0.493 e. The van der Waals surface area contributed by atoms with Gasteiger partial charge in [-0.25, -0.2) is 5.43 Å². The molecule has 1 aromatic heterocycles. The van der Waals surface area contributed by atoms with Gasteiger partial charge in [0, 0.05) is 10.4 Å². The third kappa shape index (κ3) is 2.37. The fourth-order valence-electron chi connectivity index (χ4n) is 2.46. The van der Waals surface area contributed by atoms with Crippen molar-refractivity contribution >= 4 is 22.9 Å². The highest BCUT2D eigenvalue weighted by Crippen LogP contribution is 2.39. The van der Waals surface area contributed by atoms with Crippen molar-refractivity contribution in [2.75, 3.05) is 6.61 Å². The SMILES string of the molecule is NNC(c1cccc2c1OCCC2)c1sccc1Cl. The number of hydrazine groups is 1. The first kappa shape index (κ1) is 12.9. The van der Waals surface area contributed by atoms with Gasteiger partial charge in [-0.3, -0.25) is 5.84 Å². The van der Waals surface area contributed by atoms with E-state index in [1.54, 1.807) is 11.3 Å². The van der Waals surface area contributed by atoms with Gasteiger partial charge in [0.1, 0.15) is 5.75 Å². The second kappa shape index (κ2) is 5.51. The van der Waals surface area contributed by atoms with Gasteiger partial charge in [-0.15, -0.1) is 11.3 Å². The molecule has 1 aliphatic heterocycles. The molecular formula is C14H15ClN2OS. The molecule has 0 bridgehead atoms. The summed E-state index contributed by atoms with van der Waals surface area (Å²) in [7, 11) is 0. The summed E-state index contributed by atoms with van der Waals surface area (Å²) in [4.78, 5) is 1.02. The highest BCUT2D eigenvalue weighted by molar-refractivity contribution is 7.10. The minimum absolute atomic E-state index is 0.124. The number of hydrogen-bond acceptors (Lipinski definition) is 4. The first-order valence-electron chi connectivity index (χ1n) is 6.25. The van der Waals surface area contributed by atoms with Crippen LogP contribution in [0.2, 0.25) is 5.02 Å². The van der Waals surface area contributed by atoms with Crippen LogP contribution in [0, 0.1) is 0 Å². The van der Waals surface area contributed by atoms with Crippen molar-refractivity contribution in [2.45, 2.75) is 18.9 Å². The van der Waals surface area contributed by atoms with Gasteiger partial charge in [0.2, 0.25) is 0 Å². The number of ether oxygens (including phenoxy) is 1. The molecule has 0 saturated carbocycles. The number of fused-ring (bicyclic) bond motifs is 1. The van der Waals surface area contributed by atoms with Gasteiger partial charge >= 0.3 is 0 Å². The average molecular weight is 295 g/mol. The van der Waals surface area contributed by atoms with E-state index < -0.39 is 0 Å². The second-order valence-electron chi connectivity index (χ2n) is 4.52. The fraction of sp³-hybridized carbons (Fsp3) is 0.286. The Morgan fingerprint density at radius 3 is 3.00 bits per heavy atom. The van der Waals surface area contributed by atoms with Gasteiger partial charge in [-0.05, 0) is 29.9 Å². The van der Waals surface area contributed by atoms with E-state index in [2.05, 4.69) is 17.6 Å². The molecule has 0 spiro atoms. The number of para-hydroxylation sites is 1. The zero-order valence-corrected chi connectivity index (χ0v) is 11.9. The number of aryl methyl sites for hydroxylation is 1. The van der Waals surface area contributed by atoms with Crippen molar-refractivity contribution in [2.24, 2.45) is 5.84 Å². The molecule has 0 amide bonds. The molecule has 1 aromatic carbocycles. The number of thiophene rings is 1. The number of nitrogens with one attached hydrogen (secondary N) is 1. The average Bonchev–Trinajstić information content (AvgIpc) is 2.86. The summed E-state index contributed by atoms with van der Waals surface area (Å²) in [5.74, 6) is 6.70. The van der Waals surface area contributed by atoms with E-state index in [0.717, 1.165) is 40.7 Å². The Bertz CT molecular complexity index is 585. The Balaban J connectivity index is 2.07. The molecule has 1 aliphatic rings. The number of rotatable bonds is 3. The quantitative estimate of drug-likeness (QED) is 0.674. The zero-order valence-electron chi connectivity index (χ0n) is 10.4. The number of hydrogen-bond donors (Lipinski definition) is 2. The molecule has 0 saturated heterocycles. The Morgan fingerprint density at radius 2 is 2.26 bits per heavy atom. The van der Waals surface area contributed by atoms with Crippen molar-refractivity contribution in [1.82, 2.24) is 5.43 Å². The van der Waals surface area contributed by atoms with Gasteiger partial charge in [-0.2, -0.15) is 0 Å². The fourth-order valence-corrected chi connectivity index (χ4v) is 3.70. The monoisotopic (exact) mass is 294 g/mol. The van der Waals surface area contributed by atoms with Crippen LogP contribution in [0.1, 0.15) is 28.5 Å². The smallest absolute Gasteiger partial charge is 0.127 e. The van der Waals surface area contributed by atoms with E-state index in [4.69, 9.17) is 22.2 Å². The summed E-state index contributed by atoms with van der Waals surface area (Å²) in [6.07, 6.45) is 2.12. The van der Waals surface area contributed by atoms with Gasteiger partial charge in [0.05, 0.1) is 17.7 Å². The van der Waals surface area contributed by atoms with Gasteiger partial charge in [0.25, 0.3) is 0 Å². The third-order valence-corrected chi connectivity index (χ3v) is 4.77. The summed E-state index contributed by atoms with van der Waals surface area (Å²) in [6, 6.07) is 7.98. The molecule has 1 atom stereocenters. The number of benzene rings is 1. The van der Waals surface area contributed by atoms with E-state index in [-0.39, 0.29) is 6.04 Å². The maximum absolute atomic E-state index is 6.22. The van der Waals surface area contributed by atoms with Crippen molar-refractivity contribution in [3.8, 4) is 5.75 Å². The van der Waals surface area contributed by atoms with Gasteiger partial charge in [-0.1, -0.05) is 29.8 Å². The standard InChI is InChI=1S/C14H15ClN2OS/c15-11-6-8-19-14(11)12(17-16)10-5-1-3-9-4-2-7-18-13(9)10/h1,3,5-6,8,12,17H,2,4,7,16H2. The summed E-state index contributed by atoms with van der Waals surface area (Å²) < 4.78 is 5.84. The molecule has 3 N–H and O–H groups in total. The Kier molecular flexibility index (Phi) is 3.75. The predicted octanol–water partition coefficient (Wildman–Crippen LogP) is 3.28. The van der Waals surface area contributed by atoms with Crippen LogP contribution in [-0.4, -0.2) is 6.61 Å². The summed E-state index contributed by atoms with van der Waals surface area (Å²) in [6.45, 7) is 0.763. The van der Waals surface area contributed by atoms with E-state index in [1.807, 2.05) is 17.5 Å². The van der Waals surface area contributed by atoms with E-state index in [1.165, 1.54) is 5.56 Å². The Morgan fingerprint density at radius 1 is 1.37 bits per heavy atom. The van der Waals surface area contributed by atoms with Gasteiger partial charge < -0.3 is 4.74 Å². The molecule has 3 rings (SSSR count). The van der Waals surface area contributed by atoms with Crippen molar-refractivity contribution in [1.29, 1.82) is 0 Å². The second-order valence-corrected chi connectivity index (χ2v) is 5.87. The van der Waals surface area contributed by atoms with Crippen molar-refractivity contribution < 1.29 is 4.74 Å². The van der Waals surface area contributed by atoms with Crippen LogP contribution >= 0.6 is 22.9 Å². The molecule has 2 aromatic rings. The van der Waals surface area contributed by atoms with Crippen LogP contribution in [0.5, 0.6) is 5.75 Å². The maximum atomic E-state index is 6.22. The van der Waals surface area contributed by atoms with Crippen LogP contribution in [0.3, 0.4) is 0 Å². The number of nitrogens with two attached hydrogens (primary N) is 1. The first-order chi connectivity index (χ1) is 9.31. The van der Waals surface area contributed by atoms with Crippen LogP contribution in [-0.2, 0) is 6.42 Å². The largest absolute Gasteiger partial charge is 0.493 e. The number of halogens is 1. The Labute approximate surface area is 121 Å². The summed E-state index contributed by atoms with van der Waals surface area (Å²) in [5, 5.41) is 2.71. The van der Waals surface area contributed by atoms with Crippen LogP contribution in [0.25, 0.3) is 0 Å². The molecular weight excluding hydrogens is 280 g/mol. The molecule has 0 aliphatic carbocycles. The lowest BCUT2D eigenvalue weighted by Crippen LogP contribution is -2.29. The predicted molar refractivity (Wildman–Crippen MR) is 78.8 cm³/mol. The summed E-state index contributed by atoms with van der Waals surface area (Å²) in [5.41, 5.74) is 5.16. The van der Waals surface area contributed by atoms with Crippen LogP contribution < -0.4 is 16.0 Å². The van der Waals surface area contributed by atoms with Crippen molar-refractivity contribution in [3.05, 3.63) is 50.7 Å². The molecule has 3 nitrogen and oxygen atoms in total. The van der Waals surface area contributed by atoms with Gasteiger partial charge in [0.15, 0.2) is 0 Å². The molecule has 5 heteroatoms. The topological polar surface area (TPSA) is 47.3 Å². The zero-order chi connectivity index (χ0) is 13.2. The molecule has 100 valence electrons. The summed E-state index contributed by atoms with van der Waals surface area (Å²) >= 11 is 7.82. The molecule has 2 heterocycles. The van der Waals surface area contributed by atoms with Crippen LogP contribution in [0.15, 0.2) is 29.6 Å². The molecule has 19 heavy (non-hydrogen) atoms.